The van der Waals surface area contributed by atoms with Crippen LogP contribution in [-0.4, -0.2) is 59.2 Å². The molecule has 0 radical (unpaired) electrons. The van der Waals surface area contributed by atoms with Gasteiger partial charge in [0.15, 0.2) is 0 Å². The van der Waals surface area contributed by atoms with Crippen LogP contribution in [-0.2, 0) is 4.74 Å². The van der Waals surface area contributed by atoms with Gasteiger partial charge in [-0.1, -0.05) is 12.1 Å². The van der Waals surface area contributed by atoms with E-state index in [2.05, 4.69) is 20.2 Å². The van der Waals surface area contributed by atoms with Gasteiger partial charge >= 0.3 is 0 Å². The smallest absolute Gasteiger partial charge is 0.251 e. The third-order valence-electron chi connectivity index (χ3n) is 5.43. The molecule has 0 saturated carbocycles. The molecule has 6 nitrogen and oxygen atoms in total. The molecule has 0 bridgehead atoms. The Hall–Kier alpha value is -2.31. The molecule has 3 heterocycles. The molecule has 142 valence electrons. The van der Waals surface area contributed by atoms with Gasteiger partial charge in [-0.3, -0.25) is 4.79 Å². The van der Waals surface area contributed by atoms with Crippen molar-refractivity contribution in [1.82, 2.24) is 20.2 Å². The van der Waals surface area contributed by atoms with Gasteiger partial charge < -0.3 is 15.0 Å². The van der Waals surface area contributed by atoms with E-state index in [-0.39, 0.29) is 11.9 Å². The molecule has 1 unspecified atom stereocenters. The lowest BCUT2D eigenvalue weighted by atomic mass is 10.0. The summed E-state index contributed by atoms with van der Waals surface area (Å²) < 4.78 is 5.73. The van der Waals surface area contributed by atoms with Crippen molar-refractivity contribution < 1.29 is 9.53 Å². The summed E-state index contributed by atoms with van der Waals surface area (Å²) in [5, 5.41) is 3.20. The Labute approximate surface area is 160 Å². The molecule has 0 aliphatic carbocycles. The second-order valence-electron chi connectivity index (χ2n) is 7.39. The van der Waals surface area contributed by atoms with Crippen molar-refractivity contribution in [2.75, 3.05) is 26.2 Å². The highest BCUT2D eigenvalue weighted by molar-refractivity contribution is 5.95. The Morgan fingerprint density at radius 1 is 1.15 bits per heavy atom. The molecule has 0 spiro atoms. The zero-order chi connectivity index (χ0) is 18.5. The Kier molecular flexibility index (Phi) is 5.75. The number of likely N-dealkylation sites (tertiary alicyclic amines) is 1. The van der Waals surface area contributed by atoms with Crippen LogP contribution in [0.15, 0.2) is 43.0 Å². The highest BCUT2D eigenvalue weighted by Crippen LogP contribution is 2.20. The van der Waals surface area contributed by atoms with Crippen LogP contribution in [0.25, 0.3) is 11.1 Å². The van der Waals surface area contributed by atoms with Crippen molar-refractivity contribution in [2.24, 2.45) is 0 Å². The molecular formula is C21H26N4O2. The summed E-state index contributed by atoms with van der Waals surface area (Å²) in [5.74, 6) is -0.00808. The Morgan fingerprint density at radius 3 is 2.70 bits per heavy atom. The lowest BCUT2D eigenvalue weighted by Gasteiger charge is -2.33. The fraction of sp³-hybridized carbons (Fsp3) is 0.476. The third-order valence-corrected chi connectivity index (χ3v) is 5.43. The number of nitrogens with zero attached hydrogens (tertiary/aromatic N) is 3. The second kappa shape index (κ2) is 8.59. The first-order chi connectivity index (χ1) is 13.3. The van der Waals surface area contributed by atoms with Gasteiger partial charge in [0.1, 0.15) is 6.33 Å². The van der Waals surface area contributed by atoms with Crippen LogP contribution in [0.2, 0.25) is 0 Å². The molecule has 2 fully saturated rings. The van der Waals surface area contributed by atoms with Gasteiger partial charge in [-0.05, 0) is 43.4 Å². The number of piperidine rings is 1. The van der Waals surface area contributed by atoms with Gasteiger partial charge in [-0.25, -0.2) is 9.97 Å². The Bertz CT molecular complexity index is 754. The number of rotatable bonds is 5. The minimum Gasteiger partial charge on any atom is -0.377 e. The first kappa shape index (κ1) is 18.1. The summed E-state index contributed by atoms with van der Waals surface area (Å²) in [5.41, 5.74) is 2.54. The maximum atomic E-state index is 12.7. The average Bonchev–Trinajstić information content (AvgIpc) is 3.23. The van der Waals surface area contributed by atoms with Crippen LogP contribution in [0.5, 0.6) is 0 Å². The number of benzene rings is 1. The van der Waals surface area contributed by atoms with Crippen molar-refractivity contribution >= 4 is 5.91 Å². The number of carbonyl (C=O) groups is 1. The largest absolute Gasteiger partial charge is 0.377 e. The third kappa shape index (κ3) is 4.70. The van der Waals surface area contributed by atoms with E-state index in [0.717, 1.165) is 50.2 Å². The molecule has 1 aromatic carbocycles. The van der Waals surface area contributed by atoms with Crippen LogP contribution in [0.3, 0.4) is 0 Å². The van der Waals surface area contributed by atoms with Crippen molar-refractivity contribution in [3.05, 3.63) is 48.5 Å². The van der Waals surface area contributed by atoms with Gasteiger partial charge in [0.2, 0.25) is 0 Å². The standard InChI is InChI=1S/C21H26N4O2/c26-21(17-4-1-3-16(11-17)18-12-22-15-23-13-18)24-19-6-8-25(9-7-19)14-20-5-2-10-27-20/h1,3-4,11-13,15,19-20H,2,5-10,14H2,(H,24,26). The number of hydrogen-bond donors (Lipinski definition) is 1. The molecular weight excluding hydrogens is 340 g/mol. The molecule has 1 amide bonds. The molecule has 2 aromatic rings. The van der Waals surface area contributed by atoms with Crippen LogP contribution in [0, 0.1) is 0 Å². The molecule has 1 atom stereocenters. The summed E-state index contributed by atoms with van der Waals surface area (Å²) in [6.07, 6.45) is 9.77. The predicted molar refractivity (Wildman–Crippen MR) is 103 cm³/mol. The van der Waals surface area contributed by atoms with Crippen LogP contribution < -0.4 is 5.32 Å². The minimum absolute atomic E-state index is 0.00808. The second-order valence-corrected chi connectivity index (χ2v) is 7.39. The molecule has 2 saturated heterocycles. The highest BCUT2D eigenvalue weighted by atomic mass is 16.5. The average molecular weight is 366 g/mol. The van der Waals surface area contributed by atoms with E-state index in [1.54, 1.807) is 12.4 Å². The quantitative estimate of drug-likeness (QED) is 0.881. The fourth-order valence-corrected chi connectivity index (χ4v) is 3.89. The molecule has 1 aromatic heterocycles. The number of ether oxygens (including phenoxy) is 1. The summed E-state index contributed by atoms with van der Waals surface area (Å²) in [7, 11) is 0. The van der Waals surface area contributed by atoms with Crippen LogP contribution >= 0.6 is 0 Å². The number of nitrogens with one attached hydrogen (secondary N) is 1. The van der Waals surface area contributed by atoms with E-state index in [1.807, 2.05) is 24.3 Å². The van der Waals surface area contributed by atoms with E-state index >= 15 is 0 Å². The summed E-state index contributed by atoms with van der Waals surface area (Å²) in [6, 6.07) is 7.87. The molecule has 27 heavy (non-hydrogen) atoms. The fourth-order valence-electron chi connectivity index (χ4n) is 3.89. The number of carbonyl (C=O) groups excluding carboxylic acids is 1. The van der Waals surface area contributed by atoms with Crippen LogP contribution in [0.1, 0.15) is 36.0 Å². The van der Waals surface area contributed by atoms with Crippen molar-refractivity contribution in [1.29, 1.82) is 0 Å². The zero-order valence-electron chi connectivity index (χ0n) is 15.5. The molecule has 6 heteroatoms. The summed E-state index contributed by atoms with van der Waals surface area (Å²) >= 11 is 0. The maximum absolute atomic E-state index is 12.7. The highest BCUT2D eigenvalue weighted by Gasteiger charge is 2.24. The zero-order valence-corrected chi connectivity index (χ0v) is 15.5. The first-order valence-corrected chi connectivity index (χ1v) is 9.78. The van der Waals surface area contributed by atoms with E-state index in [1.165, 1.54) is 19.2 Å². The Balaban J connectivity index is 1.31. The van der Waals surface area contributed by atoms with Gasteiger partial charge in [-0.2, -0.15) is 0 Å². The van der Waals surface area contributed by atoms with E-state index < -0.39 is 0 Å². The summed E-state index contributed by atoms with van der Waals surface area (Å²) in [6.45, 7) is 3.98. The van der Waals surface area contributed by atoms with Gasteiger partial charge in [0, 0.05) is 55.8 Å². The van der Waals surface area contributed by atoms with Crippen molar-refractivity contribution in [3.63, 3.8) is 0 Å². The van der Waals surface area contributed by atoms with Crippen molar-refractivity contribution in [2.45, 2.75) is 37.8 Å². The molecule has 1 N–H and O–H groups in total. The minimum atomic E-state index is -0.00808. The van der Waals surface area contributed by atoms with E-state index in [9.17, 15) is 4.79 Å². The maximum Gasteiger partial charge on any atom is 0.251 e. The van der Waals surface area contributed by atoms with Gasteiger partial charge in [-0.15, -0.1) is 0 Å². The molecule has 4 rings (SSSR count). The topological polar surface area (TPSA) is 67.4 Å². The molecule has 2 aliphatic heterocycles. The first-order valence-electron chi connectivity index (χ1n) is 9.78. The van der Waals surface area contributed by atoms with Gasteiger partial charge in [0.25, 0.3) is 5.91 Å². The molecule has 2 aliphatic rings. The monoisotopic (exact) mass is 366 g/mol. The lowest BCUT2D eigenvalue weighted by Crippen LogP contribution is -2.46. The van der Waals surface area contributed by atoms with E-state index in [4.69, 9.17) is 4.74 Å². The number of aromatic nitrogens is 2. The van der Waals surface area contributed by atoms with Crippen LogP contribution in [0.4, 0.5) is 0 Å². The van der Waals surface area contributed by atoms with Crippen molar-refractivity contribution in [3.8, 4) is 11.1 Å². The van der Waals surface area contributed by atoms with E-state index in [0.29, 0.717) is 11.7 Å². The predicted octanol–water partition coefficient (Wildman–Crippen LogP) is 2.52. The SMILES string of the molecule is O=C(NC1CCN(CC2CCCO2)CC1)c1cccc(-c2cncnc2)c1. The Morgan fingerprint density at radius 2 is 1.96 bits per heavy atom. The number of hydrogen-bond acceptors (Lipinski definition) is 5. The summed E-state index contributed by atoms with van der Waals surface area (Å²) in [4.78, 5) is 23.2. The number of amides is 1. The lowest BCUT2D eigenvalue weighted by molar-refractivity contribution is 0.0613. The van der Waals surface area contributed by atoms with Gasteiger partial charge in [0.05, 0.1) is 6.10 Å². The normalized spacial score (nSPS) is 21.3.